The number of fused-ring (bicyclic) bond motifs is 2. The summed E-state index contributed by atoms with van der Waals surface area (Å²) in [5.74, 6) is -1.87. The molecule has 0 radical (unpaired) electrons. The molecule has 0 fully saturated rings. The van der Waals surface area contributed by atoms with E-state index in [4.69, 9.17) is 26.6 Å². The van der Waals surface area contributed by atoms with E-state index in [2.05, 4.69) is 15.8 Å². The summed E-state index contributed by atoms with van der Waals surface area (Å²) < 4.78 is 5.90. The number of carbonyl (C=O) groups is 2. The van der Waals surface area contributed by atoms with Gasteiger partial charge in [0.15, 0.2) is 10.5 Å². The number of thiocarbonyl (C=S) groups is 1. The third-order valence-electron chi connectivity index (χ3n) is 8.01. The molecule has 0 unspecified atom stereocenters. The molecule has 0 atom stereocenters. The lowest BCUT2D eigenvalue weighted by Crippen LogP contribution is -2.29. The van der Waals surface area contributed by atoms with Gasteiger partial charge in [0, 0.05) is 47.0 Å². The first kappa shape index (κ1) is 36.3. The number of unbranched alkanes of at least 4 members (excludes halogenated alkanes) is 5. The molecule has 0 saturated carbocycles. The van der Waals surface area contributed by atoms with Gasteiger partial charge >= 0.3 is 11.9 Å². The molecule has 1 aliphatic heterocycles. The molecule has 0 spiro atoms. The number of carboxylic acids is 2. The molecule has 2 aliphatic rings. The number of hydrogen-bond donors (Lipinski definition) is 5. The maximum atomic E-state index is 12.5. The van der Waals surface area contributed by atoms with E-state index in [1.807, 2.05) is 24.3 Å². The van der Waals surface area contributed by atoms with E-state index in [0.29, 0.717) is 51.6 Å². The number of aromatic hydroxyl groups is 1. The lowest BCUT2D eigenvalue weighted by atomic mass is 9.90. The summed E-state index contributed by atoms with van der Waals surface area (Å²) in [6.07, 6.45) is 10.2. The standard InChI is InChI=1S/C39H37N3O8S/c43-28-12-15-31-34(22-28)50-35-23-29(44)13-16-32(35)37(31)30-14-11-27(21-33(30)38(47)48)42-39(51)40-18-5-3-1-2-4-6-19-49-41-24-26-9-7-8-25(20-26)10-17-36(45)46/h7-17,20-24,43H,1-6,18-19H2,(H,45,46)(H,47,48)(H2,40,42,51)/b17-10-,41-24+. The van der Waals surface area contributed by atoms with Crippen LogP contribution >= 0.6 is 12.2 Å². The molecule has 262 valence electrons. The third-order valence-corrected chi connectivity index (χ3v) is 8.25. The Morgan fingerprint density at radius 3 is 2.43 bits per heavy atom. The van der Waals surface area contributed by atoms with Gasteiger partial charge in [-0.1, -0.05) is 48.7 Å². The zero-order chi connectivity index (χ0) is 36.2. The lowest BCUT2D eigenvalue weighted by Gasteiger charge is -2.18. The fourth-order valence-electron chi connectivity index (χ4n) is 5.60. The highest BCUT2D eigenvalue weighted by atomic mass is 32.1. The fourth-order valence-corrected chi connectivity index (χ4v) is 5.82. The minimum atomic E-state index is -1.14. The van der Waals surface area contributed by atoms with E-state index >= 15 is 0 Å². The van der Waals surface area contributed by atoms with Crippen LogP contribution in [0.1, 0.15) is 60.0 Å². The number of aliphatic carboxylic acids is 1. The van der Waals surface area contributed by atoms with Crippen LogP contribution in [0.5, 0.6) is 5.75 Å². The SMILES string of the molecule is O=C(O)/C=C\c1cccc(/C=N/OCCCCCCCCNC(=S)Nc2ccc(-c3c4ccc(=O)cc-4oc4cc(O)ccc34)c(C(=O)O)c2)c1. The molecular formula is C39H37N3O8S. The monoisotopic (exact) mass is 707 g/mol. The van der Waals surface area contributed by atoms with Gasteiger partial charge in [-0.2, -0.15) is 0 Å². The minimum Gasteiger partial charge on any atom is -0.508 e. The van der Waals surface area contributed by atoms with E-state index in [1.165, 1.54) is 36.4 Å². The molecule has 1 aliphatic carbocycles. The summed E-state index contributed by atoms with van der Waals surface area (Å²) in [5.41, 5.74) is 3.76. The molecule has 11 nitrogen and oxygen atoms in total. The van der Waals surface area contributed by atoms with Gasteiger partial charge < -0.3 is 35.2 Å². The van der Waals surface area contributed by atoms with Gasteiger partial charge in [0.2, 0.25) is 0 Å². The molecule has 0 bridgehead atoms. The van der Waals surface area contributed by atoms with Crippen LogP contribution < -0.4 is 16.1 Å². The highest BCUT2D eigenvalue weighted by Crippen LogP contribution is 2.42. The first-order chi connectivity index (χ1) is 24.7. The first-order valence-corrected chi connectivity index (χ1v) is 16.9. The summed E-state index contributed by atoms with van der Waals surface area (Å²) in [4.78, 5) is 40.6. The van der Waals surface area contributed by atoms with Crippen LogP contribution in [-0.4, -0.2) is 51.7 Å². The number of carboxylic acid groups (broad SMARTS) is 2. The average molecular weight is 708 g/mol. The predicted octanol–water partition coefficient (Wildman–Crippen LogP) is 7.74. The molecule has 12 heteroatoms. The van der Waals surface area contributed by atoms with E-state index in [9.17, 15) is 24.6 Å². The first-order valence-electron chi connectivity index (χ1n) is 16.5. The average Bonchev–Trinajstić information content (AvgIpc) is 3.10. The smallest absolute Gasteiger partial charge is 0.336 e. The van der Waals surface area contributed by atoms with Crippen molar-refractivity contribution in [1.82, 2.24) is 5.32 Å². The van der Waals surface area contributed by atoms with Crippen molar-refractivity contribution in [2.75, 3.05) is 18.5 Å². The second-order valence-electron chi connectivity index (χ2n) is 11.8. The summed E-state index contributed by atoms with van der Waals surface area (Å²) in [5, 5.41) is 40.2. The number of aromatic carboxylic acids is 1. The Bertz CT molecular complexity index is 2120. The van der Waals surface area contributed by atoms with Gasteiger partial charge in [-0.05, 0) is 96.7 Å². The number of oxime groups is 1. The molecular weight excluding hydrogens is 671 g/mol. The fraction of sp³-hybridized carbons (Fsp3) is 0.205. The number of hydrogen-bond acceptors (Lipinski definition) is 8. The maximum absolute atomic E-state index is 12.5. The maximum Gasteiger partial charge on any atom is 0.336 e. The van der Waals surface area contributed by atoms with Crippen LogP contribution in [0.4, 0.5) is 5.69 Å². The van der Waals surface area contributed by atoms with Crippen molar-refractivity contribution in [3.05, 3.63) is 112 Å². The Morgan fingerprint density at radius 2 is 1.63 bits per heavy atom. The van der Waals surface area contributed by atoms with Crippen molar-refractivity contribution in [2.45, 2.75) is 38.5 Å². The highest BCUT2D eigenvalue weighted by molar-refractivity contribution is 7.80. The van der Waals surface area contributed by atoms with Crippen molar-refractivity contribution in [2.24, 2.45) is 5.16 Å². The second-order valence-corrected chi connectivity index (χ2v) is 12.2. The second kappa shape index (κ2) is 17.6. The molecule has 5 rings (SSSR count). The van der Waals surface area contributed by atoms with Gasteiger partial charge in [0.05, 0.1) is 11.8 Å². The van der Waals surface area contributed by atoms with Gasteiger partial charge in [-0.25, -0.2) is 9.59 Å². The molecule has 51 heavy (non-hydrogen) atoms. The van der Waals surface area contributed by atoms with Gasteiger partial charge in [-0.3, -0.25) is 4.79 Å². The van der Waals surface area contributed by atoms with Crippen molar-refractivity contribution in [3.63, 3.8) is 0 Å². The Morgan fingerprint density at radius 1 is 0.863 bits per heavy atom. The largest absolute Gasteiger partial charge is 0.508 e. The molecule has 3 aromatic carbocycles. The molecule has 3 aromatic rings. The van der Waals surface area contributed by atoms with Crippen LogP contribution in [0.15, 0.2) is 99.3 Å². The van der Waals surface area contributed by atoms with E-state index in [0.717, 1.165) is 55.7 Å². The van der Waals surface area contributed by atoms with Crippen molar-refractivity contribution in [1.29, 1.82) is 0 Å². The number of phenols is 1. The van der Waals surface area contributed by atoms with Crippen molar-refractivity contribution >= 4 is 58.2 Å². The topological polar surface area (TPSA) is 171 Å². The quantitative estimate of drug-likeness (QED) is 0.0170. The summed E-state index contributed by atoms with van der Waals surface area (Å²) in [7, 11) is 0. The summed E-state index contributed by atoms with van der Waals surface area (Å²) in [6.45, 7) is 1.18. The zero-order valence-corrected chi connectivity index (χ0v) is 28.4. The number of rotatable bonds is 16. The molecule has 0 saturated heterocycles. The van der Waals surface area contributed by atoms with Crippen LogP contribution in [0.25, 0.3) is 39.5 Å². The minimum absolute atomic E-state index is 0.0201. The number of anilines is 1. The van der Waals surface area contributed by atoms with E-state index in [1.54, 1.807) is 30.5 Å². The Kier molecular flexibility index (Phi) is 12.5. The van der Waals surface area contributed by atoms with Crippen LogP contribution in [0, 0.1) is 0 Å². The molecule has 0 amide bonds. The summed E-state index contributed by atoms with van der Waals surface area (Å²) >= 11 is 5.47. The molecule has 5 N–H and O–H groups in total. The summed E-state index contributed by atoms with van der Waals surface area (Å²) in [6, 6.07) is 21.2. The van der Waals surface area contributed by atoms with Gasteiger partial charge in [0.25, 0.3) is 0 Å². The van der Waals surface area contributed by atoms with Crippen molar-refractivity contribution < 1.29 is 34.2 Å². The highest BCUT2D eigenvalue weighted by Gasteiger charge is 2.22. The van der Waals surface area contributed by atoms with Crippen molar-refractivity contribution in [3.8, 4) is 28.2 Å². The number of phenolic OH excluding ortho intramolecular Hbond substituents is 1. The Labute approximate surface area is 299 Å². The Hall–Kier alpha value is -6.01. The predicted molar refractivity (Wildman–Crippen MR) is 202 cm³/mol. The van der Waals surface area contributed by atoms with E-state index in [-0.39, 0.29) is 22.5 Å². The van der Waals surface area contributed by atoms with Crippen LogP contribution in [0.2, 0.25) is 0 Å². The van der Waals surface area contributed by atoms with Gasteiger partial charge in [0.1, 0.15) is 23.7 Å². The van der Waals surface area contributed by atoms with Crippen LogP contribution in [0.3, 0.4) is 0 Å². The molecule has 1 heterocycles. The van der Waals surface area contributed by atoms with E-state index < -0.39 is 11.9 Å². The van der Waals surface area contributed by atoms with Gasteiger partial charge in [-0.15, -0.1) is 0 Å². The number of nitrogens with zero attached hydrogens (tertiary/aromatic N) is 1. The lowest BCUT2D eigenvalue weighted by molar-refractivity contribution is -0.131. The Balaban J connectivity index is 1.05. The zero-order valence-electron chi connectivity index (χ0n) is 27.6. The number of nitrogens with one attached hydrogen (secondary N) is 2. The number of benzene rings is 4. The molecule has 0 aromatic heterocycles. The normalized spacial score (nSPS) is 11.4. The third kappa shape index (κ3) is 10.2. The van der Waals surface area contributed by atoms with Crippen LogP contribution in [-0.2, 0) is 9.63 Å².